The van der Waals surface area contributed by atoms with Gasteiger partial charge in [-0.1, -0.05) is 29.3 Å². The molecule has 0 atom stereocenters. The Labute approximate surface area is 104 Å². The summed E-state index contributed by atoms with van der Waals surface area (Å²) < 4.78 is 0. The summed E-state index contributed by atoms with van der Waals surface area (Å²) in [6.45, 7) is 0. The number of hydrogen-bond acceptors (Lipinski definition) is 2. The molecule has 4 heteroatoms. The molecule has 0 radical (unpaired) electrons. The van der Waals surface area contributed by atoms with E-state index in [2.05, 4.69) is 9.98 Å². The molecule has 2 rings (SSSR count). The molecule has 0 amide bonds. The Morgan fingerprint density at radius 1 is 1.25 bits per heavy atom. The van der Waals surface area contributed by atoms with Crippen molar-refractivity contribution < 1.29 is 0 Å². The molecule has 1 aliphatic rings. The van der Waals surface area contributed by atoms with Crippen LogP contribution >= 0.6 is 23.2 Å². The topological polar surface area (TPSA) is 24.7 Å². The highest BCUT2D eigenvalue weighted by Crippen LogP contribution is 2.18. The van der Waals surface area contributed by atoms with E-state index in [9.17, 15) is 0 Å². The predicted octanol–water partition coefficient (Wildman–Crippen LogP) is 4.36. The first-order chi connectivity index (χ1) is 7.75. The third-order valence-electron chi connectivity index (χ3n) is 2.18. The molecule has 0 fully saturated rings. The summed E-state index contributed by atoms with van der Waals surface area (Å²) in [6, 6.07) is 7.22. The lowest BCUT2D eigenvalue weighted by Gasteiger charge is -2.05. The van der Waals surface area contributed by atoms with Crippen LogP contribution in [0.2, 0.25) is 5.02 Å². The fraction of sp³-hybridized carbons (Fsp3) is 0.167. The van der Waals surface area contributed by atoms with Gasteiger partial charge in [-0.2, -0.15) is 0 Å². The quantitative estimate of drug-likeness (QED) is 0.699. The molecule has 0 aromatic heterocycles. The van der Waals surface area contributed by atoms with E-state index in [0.29, 0.717) is 10.2 Å². The van der Waals surface area contributed by atoms with Crippen molar-refractivity contribution in [1.29, 1.82) is 0 Å². The van der Waals surface area contributed by atoms with Gasteiger partial charge in [0.15, 0.2) is 5.17 Å². The number of halogens is 2. The van der Waals surface area contributed by atoms with E-state index in [1.165, 1.54) is 0 Å². The van der Waals surface area contributed by atoms with Gasteiger partial charge in [0.05, 0.1) is 11.4 Å². The van der Waals surface area contributed by atoms with Crippen LogP contribution < -0.4 is 0 Å². The van der Waals surface area contributed by atoms with Gasteiger partial charge in [-0.3, -0.25) is 4.99 Å². The number of nitrogens with zero attached hydrogens (tertiary/aromatic N) is 2. The molecule has 0 N–H and O–H groups in total. The first-order valence-electron chi connectivity index (χ1n) is 4.97. The lowest BCUT2D eigenvalue weighted by Crippen LogP contribution is -2.08. The summed E-state index contributed by atoms with van der Waals surface area (Å²) in [5.74, 6) is 0. The Morgan fingerprint density at radius 2 is 2.00 bits per heavy atom. The van der Waals surface area contributed by atoms with Gasteiger partial charge in [-0.05, 0) is 37.1 Å². The van der Waals surface area contributed by atoms with E-state index in [4.69, 9.17) is 23.2 Å². The Balaban J connectivity index is 2.20. The monoisotopic (exact) mass is 252 g/mol. The van der Waals surface area contributed by atoms with Gasteiger partial charge in [0.1, 0.15) is 0 Å². The zero-order valence-corrected chi connectivity index (χ0v) is 10.0. The van der Waals surface area contributed by atoms with E-state index < -0.39 is 0 Å². The predicted molar refractivity (Wildman–Crippen MR) is 70.2 cm³/mol. The van der Waals surface area contributed by atoms with Crippen LogP contribution in [0.3, 0.4) is 0 Å². The normalized spacial score (nSPS) is 16.1. The fourth-order valence-electron chi connectivity index (χ4n) is 1.35. The highest BCUT2D eigenvalue weighted by molar-refractivity contribution is 6.84. The van der Waals surface area contributed by atoms with Gasteiger partial charge in [0.25, 0.3) is 0 Å². The Bertz CT molecular complexity index is 458. The molecule has 1 aliphatic heterocycles. The maximum absolute atomic E-state index is 6.09. The second-order valence-electron chi connectivity index (χ2n) is 3.38. The van der Waals surface area contributed by atoms with Gasteiger partial charge in [-0.25, -0.2) is 4.99 Å². The van der Waals surface area contributed by atoms with Crippen molar-refractivity contribution >= 4 is 39.8 Å². The van der Waals surface area contributed by atoms with Gasteiger partial charge in [0, 0.05) is 11.2 Å². The molecule has 0 unspecified atom stereocenters. The fourth-order valence-corrected chi connectivity index (χ4v) is 1.72. The van der Waals surface area contributed by atoms with Crippen LogP contribution in [0.1, 0.15) is 12.8 Å². The van der Waals surface area contributed by atoms with Crippen molar-refractivity contribution in [3.8, 4) is 0 Å². The Hall–Kier alpha value is -1.12. The Kier molecular flexibility index (Phi) is 3.75. The van der Waals surface area contributed by atoms with Crippen molar-refractivity contribution in [1.82, 2.24) is 0 Å². The summed E-state index contributed by atoms with van der Waals surface area (Å²) in [5.41, 5.74) is 1.62. The van der Waals surface area contributed by atoms with Crippen molar-refractivity contribution in [2.75, 3.05) is 0 Å². The molecule has 2 nitrogen and oxygen atoms in total. The molecule has 1 heterocycles. The largest absolute Gasteiger partial charge is 0.258 e. The minimum atomic E-state index is 0.451. The summed E-state index contributed by atoms with van der Waals surface area (Å²) >= 11 is 11.9. The Morgan fingerprint density at radius 3 is 2.62 bits per heavy atom. The summed E-state index contributed by atoms with van der Waals surface area (Å²) in [6.07, 6.45) is 5.58. The summed E-state index contributed by atoms with van der Waals surface area (Å²) in [5, 5.41) is 1.14. The molecular formula is C12H10Cl2N2. The first kappa shape index (κ1) is 11.4. The highest BCUT2D eigenvalue weighted by atomic mass is 35.5. The molecule has 1 aromatic carbocycles. The smallest absolute Gasteiger partial charge is 0.151 e. The number of hydrogen-bond donors (Lipinski definition) is 0. The van der Waals surface area contributed by atoms with Gasteiger partial charge < -0.3 is 0 Å². The molecule has 82 valence electrons. The molecule has 16 heavy (non-hydrogen) atoms. The summed E-state index contributed by atoms with van der Waals surface area (Å²) in [4.78, 5) is 8.47. The van der Waals surface area contributed by atoms with Crippen molar-refractivity contribution in [2.24, 2.45) is 9.98 Å². The number of allylic oxidation sites excluding steroid dienone is 1. The van der Waals surface area contributed by atoms with Gasteiger partial charge >= 0.3 is 0 Å². The highest BCUT2D eigenvalue weighted by Gasteiger charge is 2.07. The zero-order valence-electron chi connectivity index (χ0n) is 8.53. The molecule has 0 saturated heterocycles. The van der Waals surface area contributed by atoms with E-state index in [-0.39, 0.29) is 0 Å². The molecular weight excluding hydrogens is 243 g/mol. The van der Waals surface area contributed by atoms with Crippen molar-refractivity contribution in [3.63, 3.8) is 0 Å². The van der Waals surface area contributed by atoms with E-state index in [1.54, 1.807) is 18.3 Å². The zero-order chi connectivity index (χ0) is 11.4. The van der Waals surface area contributed by atoms with E-state index >= 15 is 0 Å². The SMILES string of the molecule is ClC(=Nc1ccc(Cl)cc1)C1=NC=CCC1. The maximum Gasteiger partial charge on any atom is 0.151 e. The molecule has 0 spiro atoms. The van der Waals surface area contributed by atoms with Crippen LogP contribution in [-0.2, 0) is 0 Å². The molecule has 0 saturated carbocycles. The molecule has 0 bridgehead atoms. The second kappa shape index (κ2) is 5.28. The van der Waals surface area contributed by atoms with Crippen molar-refractivity contribution in [3.05, 3.63) is 41.6 Å². The van der Waals surface area contributed by atoms with Crippen LogP contribution in [-0.4, -0.2) is 10.9 Å². The second-order valence-corrected chi connectivity index (χ2v) is 4.17. The lowest BCUT2D eigenvalue weighted by atomic mass is 10.2. The molecule has 0 aliphatic carbocycles. The number of benzene rings is 1. The number of aliphatic imine (C=N–C) groups is 2. The minimum absolute atomic E-state index is 0.451. The third-order valence-corrected chi connectivity index (χ3v) is 2.73. The van der Waals surface area contributed by atoms with E-state index in [0.717, 1.165) is 24.2 Å². The van der Waals surface area contributed by atoms with Crippen LogP contribution in [0.15, 0.2) is 46.5 Å². The average Bonchev–Trinajstić information content (AvgIpc) is 2.33. The lowest BCUT2D eigenvalue weighted by molar-refractivity contribution is 1.07. The summed E-state index contributed by atoms with van der Waals surface area (Å²) in [7, 11) is 0. The average molecular weight is 253 g/mol. The van der Waals surface area contributed by atoms with Crippen LogP contribution in [0.4, 0.5) is 5.69 Å². The number of rotatable bonds is 2. The van der Waals surface area contributed by atoms with Crippen molar-refractivity contribution in [2.45, 2.75) is 12.8 Å². The van der Waals surface area contributed by atoms with Crippen LogP contribution in [0.5, 0.6) is 0 Å². The van der Waals surface area contributed by atoms with E-state index in [1.807, 2.05) is 18.2 Å². The minimum Gasteiger partial charge on any atom is -0.258 e. The molecule has 1 aromatic rings. The van der Waals surface area contributed by atoms with Crippen LogP contribution in [0, 0.1) is 0 Å². The standard InChI is InChI=1S/C12H10Cl2N2/c13-9-4-6-10(7-5-9)16-12(14)11-3-1-2-8-15-11/h2,4-8H,1,3H2. The van der Waals surface area contributed by atoms with Gasteiger partial charge in [-0.15, -0.1) is 0 Å². The third kappa shape index (κ3) is 2.94. The van der Waals surface area contributed by atoms with Crippen LogP contribution in [0.25, 0.3) is 0 Å². The first-order valence-corrected chi connectivity index (χ1v) is 5.73. The van der Waals surface area contributed by atoms with Gasteiger partial charge in [0.2, 0.25) is 0 Å². The maximum atomic E-state index is 6.09.